The van der Waals surface area contributed by atoms with Crippen molar-refractivity contribution < 1.29 is 14.6 Å². The summed E-state index contributed by atoms with van der Waals surface area (Å²) >= 11 is 0. The number of aliphatic hydroxyl groups excluding tert-OH is 1. The third-order valence-electron chi connectivity index (χ3n) is 4.17. The summed E-state index contributed by atoms with van der Waals surface area (Å²) in [6, 6.07) is 15.4. The Morgan fingerprint density at radius 1 is 1.22 bits per heavy atom. The molecule has 0 saturated heterocycles. The Labute approximate surface area is 157 Å². The summed E-state index contributed by atoms with van der Waals surface area (Å²) in [5.74, 6) is 0.652. The molecule has 0 atom stereocenters. The van der Waals surface area contributed by atoms with E-state index < -0.39 is 0 Å². The summed E-state index contributed by atoms with van der Waals surface area (Å²) in [6.45, 7) is 2.38. The molecule has 0 aliphatic carbocycles. The first kappa shape index (κ1) is 18.4. The first-order valence-corrected chi connectivity index (χ1v) is 8.64. The van der Waals surface area contributed by atoms with Gasteiger partial charge in [0.15, 0.2) is 5.78 Å². The third kappa shape index (κ3) is 4.63. The van der Waals surface area contributed by atoms with Crippen LogP contribution < -0.4 is 9.64 Å². The monoisotopic (exact) mass is 366 g/mol. The average molecular weight is 366 g/mol. The van der Waals surface area contributed by atoms with Gasteiger partial charge in [-0.1, -0.05) is 17.3 Å². The predicted octanol–water partition coefficient (Wildman–Crippen LogP) is 3.33. The van der Waals surface area contributed by atoms with Crippen molar-refractivity contribution in [3.63, 3.8) is 0 Å². The lowest BCUT2D eigenvalue weighted by atomic mass is 10.2. The average Bonchev–Trinajstić information content (AvgIpc) is 3.07. The zero-order valence-corrected chi connectivity index (χ0v) is 15.4. The second-order valence-corrected chi connectivity index (χ2v) is 6.18. The Bertz CT molecular complexity index is 947. The van der Waals surface area contributed by atoms with Gasteiger partial charge in [-0.05, 0) is 43.3 Å². The lowest BCUT2D eigenvalue weighted by Crippen LogP contribution is -2.28. The molecule has 2 aromatic carbocycles. The smallest absolute Gasteiger partial charge is 0.155 e. The van der Waals surface area contributed by atoms with Crippen LogP contribution in [0.3, 0.4) is 0 Å². The number of para-hydroxylation sites is 1. The summed E-state index contributed by atoms with van der Waals surface area (Å²) < 4.78 is 7.03. The number of methoxy groups -OCH3 is 1. The number of nitrogens with zero attached hydrogens (tertiary/aromatic N) is 4. The number of anilines is 1. The highest BCUT2D eigenvalue weighted by atomic mass is 16.5. The number of rotatable bonds is 8. The van der Waals surface area contributed by atoms with E-state index in [1.807, 2.05) is 53.2 Å². The molecule has 0 unspecified atom stereocenters. The van der Waals surface area contributed by atoms with E-state index in [0.717, 1.165) is 22.5 Å². The zero-order valence-electron chi connectivity index (χ0n) is 15.4. The Kier molecular flexibility index (Phi) is 5.71. The number of hydrogen-bond acceptors (Lipinski definition) is 6. The summed E-state index contributed by atoms with van der Waals surface area (Å²) in [4.78, 5) is 13.2. The van der Waals surface area contributed by atoms with E-state index >= 15 is 0 Å². The van der Waals surface area contributed by atoms with Gasteiger partial charge in [-0.15, -0.1) is 5.10 Å². The molecule has 1 heterocycles. The maximum atomic E-state index is 11.2. The van der Waals surface area contributed by atoms with Crippen molar-refractivity contribution in [2.24, 2.45) is 0 Å². The van der Waals surface area contributed by atoms with E-state index in [1.165, 1.54) is 13.0 Å². The largest absolute Gasteiger partial charge is 0.512 e. The number of fused-ring (bicyclic) bond motifs is 1. The van der Waals surface area contributed by atoms with Crippen LogP contribution in [0.5, 0.6) is 5.75 Å². The van der Waals surface area contributed by atoms with Gasteiger partial charge >= 0.3 is 0 Å². The SMILES string of the molecule is COc1ccc(N(CC/C(O)=C/C(C)=O)Cn2nnc3ccccc32)cc1. The van der Waals surface area contributed by atoms with Crippen LogP contribution in [0.15, 0.2) is 60.4 Å². The van der Waals surface area contributed by atoms with E-state index in [1.54, 1.807) is 7.11 Å². The van der Waals surface area contributed by atoms with Gasteiger partial charge in [0.05, 0.1) is 18.4 Å². The molecule has 0 amide bonds. The molecule has 7 heteroatoms. The summed E-state index contributed by atoms with van der Waals surface area (Å²) in [5.41, 5.74) is 2.71. The Morgan fingerprint density at radius 3 is 2.67 bits per heavy atom. The van der Waals surface area contributed by atoms with E-state index in [4.69, 9.17) is 4.74 Å². The van der Waals surface area contributed by atoms with Crippen LogP contribution >= 0.6 is 0 Å². The van der Waals surface area contributed by atoms with Crippen molar-refractivity contribution in [2.45, 2.75) is 20.0 Å². The molecule has 0 aliphatic heterocycles. The Morgan fingerprint density at radius 2 is 1.96 bits per heavy atom. The summed E-state index contributed by atoms with van der Waals surface area (Å²) in [7, 11) is 1.62. The van der Waals surface area contributed by atoms with E-state index in [-0.39, 0.29) is 11.5 Å². The molecular formula is C20H22N4O3. The molecule has 27 heavy (non-hydrogen) atoms. The minimum absolute atomic E-state index is 0.0597. The van der Waals surface area contributed by atoms with E-state index in [0.29, 0.717) is 19.6 Å². The number of carbonyl (C=O) groups excluding carboxylic acids is 1. The highest BCUT2D eigenvalue weighted by molar-refractivity contribution is 5.87. The van der Waals surface area contributed by atoms with Gasteiger partial charge in [0.2, 0.25) is 0 Å². The lowest BCUT2D eigenvalue weighted by Gasteiger charge is -2.25. The number of allylic oxidation sites excluding steroid dienone is 1. The first-order valence-electron chi connectivity index (χ1n) is 8.64. The third-order valence-corrected chi connectivity index (χ3v) is 4.17. The van der Waals surface area contributed by atoms with Crippen LogP contribution in [0.1, 0.15) is 13.3 Å². The zero-order chi connectivity index (χ0) is 19.2. The highest BCUT2D eigenvalue weighted by Gasteiger charge is 2.12. The van der Waals surface area contributed by atoms with Gasteiger partial charge in [0.1, 0.15) is 17.9 Å². The molecule has 0 radical (unpaired) electrons. The number of ether oxygens (including phenoxy) is 1. The molecule has 0 saturated carbocycles. The van der Waals surface area contributed by atoms with Gasteiger partial charge in [0.25, 0.3) is 0 Å². The molecule has 0 fully saturated rings. The van der Waals surface area contributed by atoms with Crippen molar-refractivity contribution in [2.75, 3.05) is 18.6 Å². The van der Waals surface area contributed by atoms with Crippen molar-refractivity contribution in [3.8, 4) is 5.75 Å². The summed E-state index contributed by atoms with van der Waals surface area (Å²) in [5, 5.41) is 18.4. The Hall–Kier alpha value is -3.35. The molecule has 1 N–H and O–H groups in total. The van der Waals surface area contributed by atoms with Crippen LogP contribution in [-0.4, -0.2) is 39.5 Å². The molecule has 3 aromatic rings. The minimum Gasteiger partial charge on any atom is -0.512 e. The molecule has 7 nitrogen and oxygen atoms in total. The maximum Gasteiger partial charge on any atom is 0.155 e. The maximum absolute atomic E-state index is 11.2. The second-order valence-electron chi connectivity index (χ2n) is 6.18. The number of carbonyl (C=O) groups is 1. The number of ketones is 1. The number of aliphatic hydroxyl groups is 1. The second kappa shape index (κ2) is 8.35. The van der Waals surface area contributed by atoms with Gasteiger partial charge < -0.3 is 14.7 Å². The molecule has 0 bridgehead atoms. The van der Waals surface area contributed by atoms with Gasteiger partial charge in [-0.2, -0.15) is 0 Å². The molecule has 0 spiro atoms. The normalized spacial score (nSPS) is 11.6. The van der Waals surface area contributed by atoms with Gasteiger partial charge in [0, 0.05) is 24.7 Å². The van der Waals surface area contributed by atoms with Crippen molar-refractivity contribution in [1.82, 2.24) is 15.0 Å². The van der Waals surface area contributed by atoms with Crippen LogP contribution in [0.25, 0.3) is 11.0 Å². The van der Waals surface area contributed by atoms with E-state index in [9.17, 15) is 9.90 Å². The minimum atomic E-state index is -0.175. The van der Waals surface area contributed by atoms with Crippen molar-refractivity contribution >= 4 is 22.5 Å². The Balaban J connectivity index is 1.85. The molecule has 140 valence electrons. The molecule has 0 aliphatic rings. The van der Waals surface area contributed by atoms with Crippen LogP contribution in [0.2, 0.25) is 0 Å². The quantitative estimate of drug-likeness (QED) is 0.487. The van der Waals surface area contributed by atoms with Gasteiger partial charge in [-0.3, -0.25) is 4.79 Å². The standard InChI is InChI=1S/C20H22N4O3/c1-15(25)13-17(26)11-12-23(16-7-9-18(27-2)10-8-16)14-24-20-6-4-3-5-19(20)21-22-24/h3-10,13,26H,11-12,14H2,1-2H3/b17-13-. The number of hydrogen-bond donors (Lipinski definition) is 1. The molecule has 1 aromatic heterocycles. The van der Waals surface area contributed by atoms with Crippen LogP contribution in [0.4, 0.5) is 5.69 Å². The topological polar surface area (TPSA) is 80.5 Å². The van der Waals surface area contributed by atoms with Crippen molar-refractivity contribution in [3.05, 3.63) is 60.4 Å². The highest BCUT2D eigenvalue weighted by Crippen LogP contribution is 2.21. The summed E-state index contributed by atoms with van der Waals surface area (Å²) in [6.07, 6.45) is 1.59. The lowest BCUT2D eigenvalue weighted by molar-refractivity contribution is -0.112. The fraction of sp³-hybridized carbons (Fsp3) is 0.250. The number of benzene rings is 2. The molecular weight excluding hydrogens is 344 g/mol. The molecule has 3 rings (SSSR count). The predicted molar refractivity (Wildman–Crippen MR) is 104 cm³/mol. The van der Waals surface area contributed by atoms with Gasteiger partial charge in [-0.25, -0.2) is 4.68 Å². The van der Waals surface area contributed by atoms with Crippen LogP contribution in [-0.2, 0) is 11.5 Å². The van der Waals surface area contributed by atoms with E-state index in [2.05, 4.69) is 15.2 Å². The van der Waals surface area contributed by atoms with Crippen LogP contribution in [0, 0.1) is 0 Å². The fourth-order valence-electron chi connectivity index (χ4n) is 2.81. The number of aromatic nitrogens is 3. The fourth-order valence-corrected chi connectivity index (χ4v) is 2.81. The van der Waals surface area contributed by atoms with Crippen molar-refractivity contribution in [1.29, 1.82) is 0 Å². The first-order chi connectivity index (χ1) is 13.1.